The van der Waals surface area contributed by atoms with Crippen molar-refractivity contribution in [2.24, 2.45) is 4.99 Å². The Morgan fingerprint density at radius 1 is 0.846 bits per heavy atom. The first-order valence-corrected chi connectivity index (χ1v) is 8.95. The van der Waals surface area contributed by atoms with Crippen LogP contribution in [-0.4, -0.2) is 24.9 Å². The van der Waals surface area contributed by atoms with Crippen molar-refractivity contribution in [2.45, 2.75) is 27.7 Å². The van der Waals surface area contributed by atoms with Gasteiger partial charge in [0.15, 0.2) is 0 Å². The average Bonchev–Trinajstić information content (AvgIpc) is 2.90. The Balaban J connectivity index is 1.91. The van der Waals surface area contributed by atoms with Crippen LogP contribution < -0.4 is 4.90 Å². The predicted molar refractivity (Wildman–Crippen MR) is 113 cm³/mol. The van der Waals surface area contributed by atoms with E-state index < -0.39 is 0 Å². The average molecular weight is 345 g/mol. The van der Waals surface area contributed by atoms with Crippen LogP contribution in [0.15, 0.2) is 53.5 Å². The molecule has 3 heteroatoms. The largest absolute Gasteiger partial charge is 0.378 e. The van der Waals surface area contributed by atoms with Gasteiger partial charge in [-0.1, -0.05) is 6.07 Å². The Kier molecular flexibility index (Phi) is 4.99. The molecule has 26 heavy (non-hydrogen) atoms. The van der Waals surface area contributed by atoms with E-state index in [1.54, 1.807) is 0 Å². The number of rotatable bonds is 4. The van der Waals surface area contributed by atoms with Gasteiger partial charge >= 0.3 is 0 Å². The topological polar surface area (TPSA) is 20.5 Å². The number of aliphatic imine (C=N–C) groups is 1. The molecule has 134 valence electrons. The van der Waals surface area contributed by atoms with Gasteiger partial charge < -0.3 is 9.47 Å². The smallest absolute Gasteiger partial charge is 0.0631 e. The van der Waals surface area contributed by atoms with Gasteiger partial charge in [0.05, 0.1) is 5.69 Å². The Morgan fingerprint density at radius 3 is 2.15 bits per heavy atom. The molecule has 0 radical (unpaired) electrons. The molecule has 0 bridgehead atoms. The van der Waals surface area contributed by atoms with Gasteiger partial charge in [0.1, 0.15) is 0 Å². The summed E-state index contributed by atoms with van der Waals surface area (Å²) in [6.07, 6.45) is 1.96. The zero-order chi connectivity index (χ0) is 18.8. The third kappa shape index (κ3) is 3.57. The lowest BCUT2D eigenvalue weighted by Crippen LogP contribution is -2.07. The monoisotopic (exact) mass is 345 g/mol. The molecule has 1 heterocycles. The van der Waals surface area contributed by atoms with E-state index in [4.69, 9.17) is 0 Å². The minimum Gasteiger partial charge on any atom is -0.378 e. The Labute approximate surface area is 156 Å². The molecule has 0 saturated carbocycles. The summed E-state index contributed by atoms with van der Waals surface area (Å²) in [4.78, 5) is 6.75. The minimum atomic E-state index is 0.964. The highest BCUT2D eigenvalue weighted by molar-refractivity contribution is 5.84. The molecular weight excluding hydrogens is 318 g/mol. The van der Waals surface area contributed by atoms with E-state index >= 15 is 0 Å². The van der Waals surface area contributed by atoms with Crippen LogP contribution >= 0.6 is 0 Å². The molecule has 0 N–H and O–H groups in total. The summed E-state index contributed by atoms with van der Waals surface area (Å²) in [5.41, 5.74) is 9.55. The highest BCUT2D eigenvalue weighted by Crippen LogP contribution is 2.23. The summed E-state index contributed by atoms with van der Waals surface area (Å²) in [7, 11) is 4.08. The van der Waals surface area contributed by atoms with Gasteiger partial charge in [0.25, 0.3) is 0 Å². The maximum Gasteiger partial charge on any atom is 0.0631 e. The van der Waals surface area contributed by atoms with E-state index in [0.717, 1.165) is 11.3 Å². The molecule has 0 amide bonds. The molecule has 0 unspecified atom stereocenters. The molecular formula is C23H27N3. The quantitative estimate of drug-likeness (QED) is 0.570. The Morgan fingerprint density at radius 2 is 1.54 bits per heavy atom. The number of hydrogen-bond donors (Lipinski definition) is 0. The molecule has 0 aliphatic heterocycles. The number of hydrogen-bond acceptors (Lipinski definition) is 2. The van der Waals surface area contributed by atoms with Gasteiger partial charge in [-0.25, -0.2) is 0 Å². The lowest BCUT2D eigenvalue weighted by Gasteiger charge is -2.12. The van der Waals surface area contributed by atoms with Gasteiger partial charge in [-0.05, 0) is 81.3 Å². The van der Waals surface area contributed by atoms with Gasteiger partial charge in [-0.2, -0.15) is 0 Å². The number of nitrogens with zero attached hydrogens (tertiary/aromatic N) is 3. The van der Waals surface area contributed by atoms with Crippen LogP contribution in [0, 0.1) is 27.7 Å². The van der Waals surface area contributed by atoms with Crippen molar-refractivity contribution in [3.05, 3.63) is 76.6 Å². The van der Waals surface area contributed by atoms with Crippen molar-refractivity contribution in [3.8, 4) is 5.69 Å². The van der Waals surface area contributed by atoms with Gasteiger partial charge in [0.2, 0.25) is 0 Å². The van der Waals surface area contributed by atoms with E-state index in [0.29, 0.717) is 0 Å². The number of anilines is 1. The molecule has 3 rings (SSSR count). The summed E-state index contributed by atoms with van der Waals surface area (Å²) < 4.78 is 2.29. The first-order valence-electron chi connectivity index (χ1n) is 8.95. The molecule has 0 aliphatic rings. The fraction of sp³-hybridized carbons (Fsp3) is 0.261. The van der Waals surface area contributed by atoms with Crippen molar-refractivity contribution in [2.75, 3.05) is 19.0 Å². The second-order valence-electron chi connectivity index (χ2n) is 7.10. The number of benzene rings is 2. The molecule has 2 aromatic carbocycles. The fourth-order valence-electron chi connectivity index (χ4n) is 3.16. The van der Waals surface area contributed by atoms with Gasteiger partial charge in [0, 0.05) is 48.6 Å². The van der Waals surface area contributed by atoms with Crippen molar-refractivity contribution in [3.63, 3.8) is 0 Å². The summed E-state index contributed by atoms with van der Waals surface area (Å²) in [5, 5.41) is 0. The molecule has 0 saturated heterocycles. The highest BCUT2D eigenvalue weighted by Gasteiger charge is 2.10. The van der Waals surface area contributed by atoms with Gasteiger partial charge in [-0.15, -0.1) is 0 Å². The van der Waals surface area contributed by atoms with E-state index in [9.17, 15) is 0 Å². The predicted octanol–water partition coefficient (Wildman–Crippen LogP) is 5.53. The second kappa shape index (κ2) is 7.20. The molecule has 0 spiro atoms. The molecule has 3 aromatic rings. The molecule has 0 atom stereocenters. The molecule has 3 nitrogen and oxygen atoms in total. The van der Waals surface area contributed by atoms with Crippen LogP contribution in [0.3, 0.4) is 0 Å². The maximum absolute atomic E-state index is 4.66. The summed E-state index contributed by atoms with van der Waals surface area (Å²) in [6.45, 7) is 8.60. The fourth-order valence-corrected chi connectivity index (χ4v) is 3.16. The zero-order valence-corrected chi connectivity index (χ0v) is 16.5. The van der Waals surface area contributed by atoms with Gasteiger partial charge in [-0.3, -0.25) is 4.99 Å². The SMILES string of the molecule is Cc1ccc(-n2c(C)cc(C=Nc3ccc(N(C)C)cc3)c2C)cc1C. The van der Waals surface area contributed by atoms with Crippen LogP contribution in [-0.2, 0) is 0 Å². The first kappa shape index (κ1) is 18.0. The van der Waals surface area contributed by atoms with Crippen LogP contribution in [0.1, 0.15) is 28.1 Å². The zero-order valence-electron chi connectivity index (χ0n) is 16.5. The van der Waals surface area contributed by atoms with Crippen molar-refractivity contribution in [1.82, 2.24) is 4.57 Å². The van der Waals surface area contributed by atoms with E-state index in [1.165, 1.54) is 33.9 Å². The van der Waals surface area contributed by atoms with Crippen molar-refractivity contribution in [1.29, 1.82) is 0 Å². The number of aryl methyl sites for hydroxylation is 3. The Bertz CT molecular complexity index is 944. The third-order valence-corrected chi connectivity index (χ3v) is 4.94. The lowest BCUT2D eigenvalue weighted by molar-refractivity contribution is 0.961. The van der Waals surface area contributed by atoms with Crippen LogP contribution in [0.4, 0.5) is 11.4 Å². The van der Waals surface area contributed by atoms with Crippen molar-refractivity contribution < 1.29 is 0 Å². The van der Waals surface area contributed by atoms with Crippen LogP contribution in [0.2, 0.25) is 0 Å². The Hall–Kier alpha value is -2.81. The summed E-state index contributed by atoms with van der Waals surface area (Å²) >= 11 is 0. The molecule has 0 fully saturated rings. The summed E-state index contributed by atoms with van der Waals surface area (Å²) in [6, 6.07) is 17.1. The maximum atomic E-state index is 4.66. The van der Waals surface area contributed by atoms with Crippen molar-refractivity contribution >= 4 is 17.6 Å². The standard InChI is InChI=1S/C23H27N3/c1-16-7-10-23(13-17(16)2)26-18(3)14-20(19(26)4)15-24-21-8-11-22(12-9-21)25(5)6/h7-15H,1-6H3. The number of aromatic nitrogens is 1. The van der Waals surface area contributed by atoms with E-state index in [1.807, 2.05) is 32.4 Å². The summed E-state index contributed by atoms with van der Waals surface area (Å²) in [5.74, 6) is 0. The lowest BCUT2D eigenvalue weighted by atomic mass is 10.1. The minimum absolute atomic E-state index is 0.964. The normalized spacial score (nSPS) is 11.3. The molecule has 0 aliphatic carbocycles. The first-order chi connectivity index (χ1) is 12.4. The van der Waals surface area contributed by atoms with E-state index in [-0.39, 0.29) is 0 Å². The molecule has 1 aromatic heterocycles. The van der Waals surface area contributed by atoms with Crippen LogP contribution in [0.5, 0.6) is 0 Å². The highest BCUT2D eigenvalue weighted by atomic mass is 15.1. The third-order valence-electron chi connectivity index (χ3n) is 4.94. The van der Waals surface area contributed by atoms with Crippen LogP contribution in [0.25, 0.3) is 5.69 Å². The second-order valence-corrected chi connectivity index (χ2v) is 7.10. The van der Waals surface area contributed by atoms with E-state index in [2.05, 4.69) is 78.6 Å².